The molecule has 0 saturated heterocycles. The number of nitrogens with zero attached hydrogens (tertiary/aromatic N) is 2. The van der Waals surface area contributed by atoms with Crippen LogP contribution in [0.4, 0.5) is 10.6 Å². The fourth-order valence-corrected chi connectivity index (χ4v) is 1.86. The number of anilines is 1. The molecule has 0 aliphatic carbocycles. The van der Waals surface area contributed by atoms with E-state index in [1.807, 2.05) is 13.8 Å². The molecule has 0 aromatic carbocycles. The number of nitrogens with one attached hydrogen (secondary N) is 1. The van der Waals surface area contributed by atoms with Crippen molar-refractivity contribution in [1.82, 2.24) is 15.1 Å². The number of hydrogen-bond acceptors (Lipinski definition) is 5. The molecule has 2 rings (SSSR count). The predicted molar refractivity (Wildman–Crippen MR) is 73.4 cm³/mol. The van der Waals surface area contributed by atoms with Gasteiger partial charge in [-0.25, -0.2) is 4.79 Å². The van der Waals surface area contributed by atoms with Crippen molar-refractivity contribution in [3.05, 3.63) is 11.3 Å². The highest BCUT2D eigenvalue weighted by molar-refractivity contribution is 5.85. The standard InChI is InChI=1S/C10H16N4O2.2ClH/c1-4-16-9(15)14-8(11)6-5-12-10(2,3)7(6)13-14;;/h12H,4-5,11H2,1-3H3;2*1H. The first-order valence-electron chi connectivity index (χ1n) is 5.27. The maximum absolute atomic E-state index is 11.6. The molecule has 1 aromatic heterocycles. The summed E-state index contributed by atoms with van der Waals surface area (Å²) in [6.45, 7) is 6.69. The first-order valence-corrected chi connectivity index (χ1v) is 5.27. The van der Waals surface area contributed by atoms with Gasteiger partial charge in [-0.05, 0) is 20.8 Å². The van der Waals surface area contributed by atoms with Gasteiger partial charge in [0.1, 0.15) is 5.82 Å². The number of nitrogen functional groups attached to an aromatic ring is 1. The molecular weight excluding hydrogens is 279 g/mol. The van der Waals surface area contributed by atoms with Crippen molar-refractivity contribution < 1.29 is 9.53 Å². The summed E-state index contributed by atoms with van der Waals surface area (Å²) >= 11 is 0. The van der Waals surface area contributed by atoms with Crippen LogP contribution < -0.4 is 11.1 Å². The van der Waals surface area contributed by atoms with E-state index in [0.717, 1.165) is 15.9 Å². The van der Waals surface area contributed by atoms with Crippen molar-refractivity contribution >= 4 is 36.7 Å². The Kier molecular flexibility index (Phi) is 5.46. The first-order chi connectivity index (χ1) is 7.47. The fourth-order valence-electron chi connectivity index (χ4n) is 1.86. The normalized spacial score (nSPS) is 15.3. The van der Waals surface area contributed by atoms with Gasteiger partial charge in [-0.1, -0.05) is 0 Å². The molecule has 3 N–H and O–H groups in total. The second kappa shape index (κ2) is 5.77. The topological polar surface area (TPSA) is 82.2 Å². The monoisotopic (exact) mass is 296 g/mol. The van der Waals surface area contributed by atoms with Crippen molar-refractivity contribution in [1.29, 1.82) is 0 Å². The number of carbonyl (C=O) groups excluding carboxylic acids is 1. The molecule has 8 heteroatoms. The van der Waals surface area contributed by atoms with Crippen LogP contribution in [0.5, 0.6) is 0 Å². The summed E-state index contributed by atoms with van der Waals surface area (Å²) in [5, 5.41) is 7.49. The van der Waals surface area contributed by atoms with Gasteiger partial charge in [0.2, 0.25) is 0 Å². The average molecular weight is 297 g/mol. The van der Waals surface area contributed by atoms with Gasteiger partial charge in [-0.3, -0.25) is 0 Å². The summed E-state index contributed by atoms with van der Waals surface area (Å²) in [4.78, 5) is 11.6. The number of nitrogens with two attached hydrogens (primary N) is 1. The molecule has 0 bridgehead atoms. The van der Waals surface area contributed by atoms with Gasteiger partial charge in [-0.15, -0.1) is 29.5 Å². The second-order valence-corrected chi connectivity index (χ2v) is 4.30. The molecule has 0 fully saturated rings. The zero-order chi connectivity index (χ0) is 11.9. The molecule has 0 unspecified atom stereocenters. The molecular formula is C10H18Cl2N4O2. The van der Waals surface area contributed by atoms with E-state index >= 15 is 0 Å². The third-order valence-electron chi connectivity index (χ3n) is 2.76. The van der Waals surface area contributed by atoms with Crippen LogP contribution in [0.25, 0.3) is 0 Å². The highest BCUT2D eigenvalue weighted by Gasteiger charge is 2.36. The molecule has 104 valence electrons. The summed E-state index contributed by atoms with van der Waals surface area (Å²) in [6, 6.07) is 0. The number of carbonyl (C=O) groups is 1. The minimum absolute atomic E-state index is 0. The van der Waals surface area contributed by atoms with Gasteiger partial charge in [0.05, 0.1) is 17.8 Å². The zero-order valence-electron chi connectivity index (χ0n) is 10.5. The van der Waals surface area contributed by atoms with E-state index < -0.39 is 6.09 Å². The van der Waals surface area contributed by atoms with E-state index in [2.05, 4.69) is 10.4 Å². The molecule has 1 aromatic rings. The summed E-state index contributed by atoms with van der Waals surface area (Å²) in [6.07, 6.45) is -0.523. The lowest BCUT2D eigenvalue weighted by molar-refractivity contribution is 0.150. The Morgan fingerprint density at radius 1 is 1.56 bits per heavy atom. The molecule has 0 saturated carbocycles. The Labute approximate surface area is 118 Å². The van der Waals surface area contributed by atoms with Gasteiger partial charge < -0.3 is 15.8 Å². The number of ether oxygens (including phenoxy) is 1. The molecule has 18 heavy (non-hydrogen) atoms. The van der Waals surface area contributed by atoms with E-state index in [-0.39, 0.29) is 30.4 Å². The molecule has 0 spiro atoms. The van der Waals surface area contributed by atoms with Gasteiger partial charge in [0.15, 0.2) is 0 Å². The Hall–Kier alpha value is -0.980. The minimum Gasteiger partial charge on any atom is -0.448 e. The molecule has 0 amide bonds. The van der Waals surface area contributed by atoms with Crippen LogP contribution in [0.2, 0.25) is 0 Å². The lowest BCUT2D eigenvalue weighted by Gasteiger charge is -2.17. The average Bonchev–Trinajstić information content (AvgIpc) is 2.67. The predicted octanol–water partition coefficient (Wildman–Crippen LogP) is 1.65. The van der Waals surface area contributed by atoms with Crippen LogP contribution >= 0.6 is 24.8 Å². The molecule has 2 heterocycles. The molecule has 0 radical (unpaired) electrons. The van der Waals surface area contributed by atoms with E-state index in [0.29, 0.717) is 19.0 Å². The van der Waals surface area contributed by atoms with Gasteiger partial charge in [0.25, 0.3) is 0 Å². The Morgan fingerprint density at radius 3 is 2.67 bits per heavy atom. The number of fused-ring (bicyclic) bond motifs is 1. The second-order valence-electron chi connectivity index (χ2n) is 4.30. The summed E-state index contributed by atoms with van der Waals surface area (Å²) in [5.41, 5.74) is 7.32. The number of halogens is 2. The van der Waals surface area contributed by atoms with Crippen molar-refractivity contribution in [2.75, 3.05) is 12.3 Å². The van der Waals surface area contributed by atoms with Crippen LogP contribution in [0.1, 0.15) is 32.0 Å². The summed E-state index contributed by atoms with van der Waals surface area (Å²) in [7, 11) is 0. The Balaban J connectivity index is 0.00000144. The Morgan fingerprint density at radius 2 is 2.17 bits per heavy atom. The van der Waals surface area contributed by atoms with Crippen LogP contribution in [0, 0.1) is 0 Å². The van der Waals surface area contributed by atoms with Gasteiger partial charge in [0, 0.05) is 12.1 Å². The maximum atomic E-state index is 11.6. The lowest BCUT2D eigenvalue weighted by Crippen LogP contribution is -2.31. The SMILES string of the molecule is CCOC(=O)n1nc2c(c1N)CNC2(C)C.Cl.Cl. The number of hydrogen-bond donors (Lipinski definition) is 2. The smallest absolute Gasteiger partial charge is 0.436 e. The quantitative estimate of drug-likeness (QED) is 0.823. The largest absolute Gasteiger partial charge is 0.448 e. The molecule has 1 aliphatic rings. The van der Waals surface area contributed by atoms with E-state index in [4.69, 9.17) is 10.5 Å². The van der Waals surface area contributed by atoms with Crippen LogP contribution in [-0.2, 0) is 16.8 Å². The third kappa shape index (κ3) is 2.55. The third-order valence-corrected chi connectivity index (χ3v) is 2.76. The highest BCUT2D eigenvalue weighted by atomic mass is 35.5. The summed E-state index contributed by atoms with van der Waals surface area (Å²) in [5.74, 6) is 0.367. The molecule has 1 aliphatic heterocycles. The van der Waals surface area contributed by atoms with Gasteiger partial charge >= 0.3 is 6.09 Å². The molecule has 6 nitrogen and oxygen atoms in total. The van der Waals surface area contributed by atoms with Gasteiger partial charge in [-0.2, -0.15) is 5.10 Å². The highest BCUT2D eigenvalue weighted by Crippen LogP contribution is 2.32. The Bertz CT molecular complexity index is 445. The van der Waals surface area contributed by atoms with Crippen LogP contribution in [-0.4, -0.2) is 22.5 Å². The van der Waals surface area contributed by atoms with E-state index in [1.165, 1.54) is 0 Å². The van der Waals surface area contributed by atoms with Crippen LogP contribution in [0.3, 0.4) is 0 Å². The number of aromatic nitrogens is 2. The fraction of sp³-hybridized carbons (Fsp3) is 0.600. The van der Waals surface area contributed by atoms with Crippen molar-refractivity contribution in [2.24, 2.45) is 0 Å². The van der Waals surface area contributed by atoms with E-state index in [1.54, 1.807) is 6.92 Å². The first kappa shape index (κ1) is 17.0. The maximum Gasteiger partial charge on any atom is 0.436 e. The minimum atomic E-state index is -0.523. The van der Waals surface area contributed by atoms with Crippen LogP contribution in [0.15, 0.2) is 0 Å². The van der Waals surface area contributed by atoms with Crippen molar-refractivity contribution in [3.63, 3.8) is 0 Å². The van der Waals surface area contributed by atoms with Crippen molar-refractivity contribution in [2.45, 2.75) is 32.9 Å². The van der Waals surface area contributed by atoms with Crippen molar-refractivity contribution in [3.8, 4) is 0 Å². The summed E-state index contributed by atoms with van der Waals surface area (Å²) < 4.78 is 6.01. The van der Waals surface area contributed by atoms with E-state index in [9.17, 15) is 4.79 Å². The number of rotatable bonds is 1. The zero-order valence-corrected chi connectivity index (χ0v) is 12.2. The lowest BCUT2D eigenvalue weighted by atomic mass is 10.0. The molecule has 0 atom stereocenters.